The smallest absolute Gasteiger partial charge is 0.252 e. The van der Waals surface area contributed by atoms with Gasteiger partial charge in [0.1, 0.15) is 0 Å². The van der Waals surface area contributed by atoms with E-state index in [1.54, 1.807) is 12.1 Å². The van der Waals surface area contributed by atoms with Crippen molar-refractivity contribution in [2.75, 3.05) is 26.1 Å². The number of fused-ring (bicyclic) bond motifs is 1. The van der Waals surface area contributed by atoms with E-state index in [4.69, 9.17) is 9.47 Å². The lowest BCUT2D eigenvalue weighted by Gasteiger charge is -2.12. The molecule has 0 radical (unpaired) electrons. The molecule has 3 aromatic rings. The van der Waals surface area contributed by atoms with Gasteiger partial charge in [-0.2, -0.15) is 0 Å². The molecule has 2 amide bonds. The summed E-state index contributed by atoms with van der Waals surface area (Å²) in [5.74, 6) is 0.323. The number of anilines is 1. The fourth-order valence-corrected chi connectivity index (χ4v) is 3.50. The maximum absolute atomic E-state index is 12.5. The Kier molecular flexibility index (Phi) is 6.35. The average molecular weight is 490 g/mol. The van der Waals surface area contributed by atoms with Crippen molar-refractivity contribution in [2.24, 2.45) is 0 Å². The van der Waals surface area contributed by atoms with Gasteiger partial charge in [0.15, 0.2) is 11.5 Å². The molecule has 0 bridgehead atoms. The van der Waals surface area contributed by atoms with E-state index in [1.165, 1.54) is 14.2 Å². The molecule has 0 aliphatic carbocycles. The molecule has 0 unspecified atom stereocenters. The molecule has 0 aromatic heterocycles. The summed E-state index contributed by atoms with van der Waals surface area (Å²) in [5.41, 5.74) is 1.12. The van der Waals surface area contributed by atoms with Gasteiger partial charge in [0.25, 0.3) is 5.91 Å². The molecule has 0 heterocycles. The van der Waals surface area contributed by atoms with E-state index in [9.17, 15) is 9.59 Å². The molecule has 2 N–H and O–H groups in total. The molecule has 7 heteroatoms. The van der Waals surface area contributed by atoms with Crippen LogP contribution >= 0.6 is 22.6 Å². The van der Waals surface area contributed by atoms with Crippen molar-refractivity contribution in [1.82, 2.24) is 5.32 Å². The first kappa shape index (κ1) is 19.9. The van der Waals surface area contributed by atoms with Crippen LogP contribution in [0.4, 0.5) is 5.69 Å². The molecular formula is C21H19IN2O4. The number of ether oxygens (including phenoxy) is 2. The van der Waals surface area contributed by atoms with Gasteiger partial charge in [0.2, 0.25) is 5.91 Å². The van der Waals surface area contributed by atoms with Crippen LogP contribution in [-0.4, -0.2) is 32.6 Å². The van der Waals surface area contributed by atoms with Gasteiger partial charge in [0, 0.05) is 14.6 Å². The number of benzene rings is 3. The van der Waals surface area contributed by atoms with Gasteiger partial charge in [-0.15, -0.1) is 0 Å². The SMILES string of the molecule is COc1cc(I)c(C(=O)NCC(=O)Nc2cccc3ccccc23)cc1OC. The van der Waals surface area contributed by atoms with Crippen LogP contribution in [0.2, 0.25) is 0 Å². The highest BCUT2D eigenvalue weighted by Gasteiger charge is 2.16. The molecule has 3 rings (SSSR count). The lowest BCUT2D eigenvalue weighted by atomic mass is 10.1. The highest BCUT2D eigenvalue weighted by molar-refractivity contribution is 14.1. The number of carbonyl (C=O) groups is 2. The second kappa shape index (κ2) is 8.92. The number of rotatable bonds is 6. The monoisotopic (exact) mass is 490 g/mol. The fourth-order valence-electron chi connectivity index (χ4n) is 2.81. The average Bonchev–Trinajstić information content (AvgIpc) is 2.72. The summed E-state index contributed by atoms with van der Waals surface area (Å²) in [5, 5.41) is 7.47. The van der Waals surface area contributed by atoms with Crippen LogP contribution in [0.1, 0.15) is 10.4 Å². The van der Waals surface area contributed by atoms with Crippen LogP contribution in [0.25, 0.3) is 10.8 Å². The second-order valence-corrected chi connectivity index (χ2v) is 7.11. The Morgan fingerprint density at radius 2 is 1.64 bits per heavy atom. The Balaban J connectivity index is 1.68. The van der Waals surface area contributed by atoms with E-state index in [1.807, 2.05) is 65.1 Å². The van der Waals surface area contributed by atoms with Crippen LogP contribution in [0.15, 0.2) is 54.6 Å². The van der Waals surface area contributed by atoms with E-state index < -0.39 is 0 Å². The first-order valence-electron chi connectivity index (χ1n) is 8.51. The van der Waals surface area contributed by atoms with Crippen LogP contribution in [0.5, 0.6) is 11.5 Å². The van der Waals surface area contributed by atoms with Crippen LogP contribution in [0.3, 0.4) is 0 Å². The fraction of sp³-hybridized carbons (Fsp3) is 0.143. The van der Waals surface area contributed by atoms with Gasteiger partial charge in [-0.25, -0.2) is 0 Å². The third-order valence-corrected chi connectivity index (χ3v) is 5.08. The molecule has 0 aliphatic heterocycles. The molecular weight excluding hydrogens is 471 g/mol. The van der Waals surface area contributed by atoms with Gasteiger partial charge >= 0.3 is 0 Å². The van der Waals surface area contributed by atoms with Crippen molar-refractivity contribution in [2.45, 2.75) is 0 Å². The lowest BCUT2D eigenvalue weighted by Crippen LogP contribution is -2.33. The molecule has 0 atom stereocenters. The largest absolute Gasteiger partial charge is 0.493 e. The summed E-state index contributed by atoms with van der Waals surface area (Å²) >= 11 is 2.05. The topological polar surface area (TPSA) is 76.7 Å². The third-order valence-electron chi connectivity index (χ3n) is 4.19. The molecule has 0 aliphatic rings. The molecule has 3 aromatic carbocycles. The predicted octanol–water partition coefficient (Wildman–Crippen LogP) is 3.83. The minimum atomic E-state index is -0.363. The van der Waals surface area contributed by atoms with Crippen molar-refractivity contribution in [3.63, 3.8) is 0 Å². The maximum atomic E-state index is 12.5. The highest BCUT2D eigenvalue weighted by Crippen LogP contribution is 2.31. The Hall–Kier alpha value is -2.81. The summed E-state index contributed by atoms with van der Waals surface area (Å²) in [4.78, 5) is 24.8. The van der Waals surface area contributed by atoms with E-state index >= 15 is 0 Å². The molecule has 0 saturated heterocycles. The zero-order valence-electron chi connectivity index (χ0n) is 15.4. The van der Waals surface area contributed by atoms with Crippen LogP contribution in [-0.2, 0) is 4.79 Å². The van der Waals surface area contributed by atoms with Crippen LogP contribution < -0.4 is 20.1 Å². The molecule has 0 saturated carbocycles. The summed E-state index contributed by atoms with van der Waals surface area (Å²) in [6, 6.07) is 16.8. The summed E-state index contributed by atoms with van der Waals surface area (Å²) in [6.45, 7) is -0.146. The van der Waals surface area contributed by atoms with Crippen LogP contribution in [0, 0.1) is 3.57 Å². The Morgan fingerprint density at radius 1 is 0.964 bits per heavy atom. The molecule has 0 fully saturated rings. The van der Waals surface area contributed by atoms with E-state index in [-0.39, 0.29) is 18.4 Å². The first-order valence-corrected chi connectivity index (χ1v) is 9.58. The molecule has 28 heavy (non-hydrogen) atoms. The molecule has 0 spiro atoms. The Bertz CT molecular complexity index is 1030. The molecule has 6 nitrogen and oxygen atoms in total. The molecule has 144 valence electrons. The van der Waals surface area contributed by atoms with E-state index in [2.05, 4.69) is 10.6 Å². The number of halogens is 1. The van der Waals surface area contributed by atoms with Crippen molar-refractivity contribution < 1.29 is 19.1 Å². The zero-order valence-corrected chi connectivity index (χ0v) is 17.6. The normalized spacial score (nSPS) is 10.4. The van der Waals surface area contributed by atoms with Crippen molar-refractivity contribution in [1.29, 1.82) is 0 Å². The third kappa shape index (κ3) is 4.36. The number of amides is 2. The van der Waals surface area contributed by atoms with Crippen molar-refractivity contribution in [3.8, 4) is 11.5 Å². The Labute approximate surface area is 176 Å². The quantitative estimate of drug-likeness (QED) is 0.516. The summed E-state index contributed by atoms with van der Waals surface area (Å²) in [7, 11) is 3.04. The van der Waals surface area contributed by atoms with Gasteiger partial charge in [-0.05, 0) is 46.2 Å². The second-order valence-electron chi connectivity index (χ2n) is 5.94. The standard InChI is InChI=1S/C21H19IN2O4/c1-27-18-10-15(16(22)11-19(18)28-2)21(26)23-12-20(25)24-17-9-5-7-13-6-3-4-8-14(13)17/h3-11H,12H2,1-2H3,(H,23,26)(H,24,25). The maximum Gasteiger partial charge on any atom is 0.252 e. The number of hydrogen-bond acceptors (Lipinski definition) is 4. The highest BCUT2D eigenvalue weighted by atomic mass is 127. The number of methoxy groups -OCH3 is 2. The van der Waals surface area contributed by atoms with Gasteiger partial charge in [-0.3, -0.25) is 9.59 Å². The van der Waals surface area contributed by atoms with Gasteiger partial charge in [0.05, 0.1) is 26.3 Å². The van der Waals surface area contributed by atoms with E-state index in [0.717, 1.165) is 10.8 Å². The van der Waals surface area contributed by atoms with Crippen molar-refractivity contribution in [3.05, 3.63) is 63.7 Å². The van der Waals surface area contributed by atoms with E-state index in [0.29, 0.717) is 26.3 Å². The van der Waals surface area contributed by atoms with Gasteiger partial charge < -0.3 is 20.1 Å². The first-order chi connectivity index (χ1) is 13.5. The minimum absolute atomic E-state index is 0.146. The Morgan fingerprint density at radius 3 is 2.39 bits per heavy atom. The number of carbonyl (C=O) groups excluding carboxylic acids is 2. The minimum Gasteiger partial charge on any atom is -0.493 e. The summed E-state index contributed by atoms with van der Waals surface area (Å²) in [6.07, 6.45) is 0. The zero-order chi connectivity index (χ0) is 20.1. The predicted molar refractivity (Wildman–Crippen MR) is 117 cm³/mol. The van der Waals surface area contributed by atoms with Gasteiger partial charge in [-0.1, -0.05) is 36.4 Å². The van der Waals surface area contributed by atoms with Crippen molar-refractivity contribution >= 4 is 50.9 Å². The number of nitrogens with one attached hydrogen (secondary N) is 2. The summed E-state index contributed by atoms with van der Waals surface area (Å²) < 4.78 is 11.2. The number of hydrogen-bond donors (Lipinski definition) is 2. The lowest BCUT2D eigenvalue weighted by molar-refractivity contribution is -0.115.